The summed E-state index contributed by atoms with van der Waals surface area (Å²) in [5.74, 6) is 1.04. The van der Waals surface area contributed by atoms with Crippen LogP contribution in [0.15, 0.2) is 42.5 Å². The lowest BCUT2D eigenvalue weighted by Gasteiger charge is -2.43. The van der Waals surface area contributed by atoms with Gasteiger partial charge in [0.15, 0.2) is 0 Å². The van der Waals surface area contributed by atoms with Gasteiger partial charge in [-0.2, -0.15) is 0 Å². The molecular formula is C26H34N4O3S. The standard InChI is InChI=1S/C26H34N4O3S/c1-4-18-10-7-8-17(2)24(18)28-23(31)16-34-26-27-21-12-13-30(15-20(21)25(32)29-26)14-19-9-5-6-11-22(19)33-3/h5-11,20-21,26-27H,4,12-16H2,1-3H3,(H,28,31)(H,29,32). The fourth-order valence-electron chi connectivity index (χ4n) is 4.80. The molecule has 2 aromatic carbocycles. The average molecular weight is 483 g/mol. The van der Waals surface area contributed by atoms with E-state index in [0.29, 0.717) is 6.54 Å². The highest BCUT2D eigenvalue weighted by atomic mass is 32.2. The molecule has 0 aliphatic carbocycles. The third kappa shape index (κ3) is 5.74. The molecule has 4 rings (SSSR count). The number of piperidine rings is 1. The fraction of sp³-hybridized carbons (Fsp3) is 0.462. The number of methoxy groups -OCH3 is 1. The number of anilines is 1. The van der Waals surface area contributed by atoms with E-state index in [1.54, 1.807) is 7.11 Å². The van der Waals surface area contributed by atoms with Gasteiger partial charge in [-0.3, -0.25) is 19.8 Å². The fourth-order valence-corrected chi connectivity index (χ4v) is 5.66. The van der Waals surface area contributed by atoms with Gasteiger partial charge in [-0.1, -0.05) is 43.3 Å². The Hall–Kier alpha value is -2.55. The first-order valence-electron chi connectivity index (χ1n) is 11.9. The van der Waals surface area contributed by atoms with Gasteiger partial charge in [-0.25, -0.2) is 0 Å². The van der Waals surface area contributed by atoms with Gasteiger partial charge >= 0.3 is 0 Å². The van der Waals surface area contributed by atoms with Crippen LogP contribution in [-0.2, 0) is 22.6 Å². The van der Waals surface area contributed by atoms with Gasteiger partial charge in [0, 0.05) is 36.9 Å². The maximum atomic E-state index is 12.9. The first-order chi connectivity index (χ1) is 16.5. The van der Waals surface area contributed by atoms with Crippen molar-refractivity contribution in [1.29, 1.82) is 0 Å². The lowest BCUT2D eigenvalue weighted by molar-refractivity contribution is -0.130. The van der Waals surface area contributed by atoms with Crippen LogP contribution in [0.5, 0.6) is 5.75 Å². The summed E-state index contributed by atoms with van der Waals surface area (Å²) in [6.45, 7) is 6.46. The molecule has 3 atom stereocenters. The quantitative estimate of drug-likeness (QED) is 0.536. The molecule has 2 heterocycles. The monoisotopic (exact) mass is 482 g/mol. The Kier molecular flexibility index (Phi) is 8.13. The molecule has 2 aliphatic rings. The molecule has 2 aliphatic heterocycles. The number of amides is 2. The van der Waals surface area contributed by atoms with E-state index in [1.807, 2.05) is 43.3 Å². The Morgan fingerprint density at radius 1 is 1.21 bits per heavy atom. The predicted octanol–water partition coefficient (Wildman–Crippen LogP) is 3.13. The van der Waals surface area contributed by atoms with E-state index in [4.69, 9.17) is 4.74 Å². The van der Waals surface area contributed by atoms with Crippen molar-refractivity contribution < 1.29 is 14.3 Å². The number of carbonyl (C=O) groups is 2. The number of nitrogens with one attached hydrogen (secondary N) is 3. The van der Waals surface area contributed by atoms with Crippen LogP contribution in [0.4, 0.5) is 5.69 Å². The zero-order chi connectivity index (χ0) is 24.1. The van der Waals surface area contributed by atoms with E-state index in [2.05, 4.69) is 33.8 Å². The number of fused-ring (bicyclic) bond motifs is 1. The zero-order valence-corrected chi connectivity index (χ0v) is 20.9. The lowest BCUT2D eigenvalue weighted by Crippen LogP contribution is -2.64. The number of rotatable bonds is 8. The number of benzene rings is 2. The SMILES string of the molecule is CCc1cccc(C)c1NC(=O)CSC1NC(=O)C2CN(Cc3ccccc3OC)CCC2N1. The third-order valence-electron chi connectivity index (χ3n) is 6.64. The maximum absolute atomic E-state index is 12.9. The average Bonchev–Trinajstić information content (AvgIpc) is 2.84. The van der Waals surface area contributed by atoms with Gasteiger partial charge in [-0.15, -0.1) is 11.8 Å². The van der Waals surface area contributed by atoms with Crippen LogP contribution in [0.25, 0.3) is 0 Å². The second-order valence-corrected chi connectivity index (χ2v) is 10.0. The minimum absolute atomic E-state index is 0.0542. The minimum atomic E-state index is -0.261. The molecule has 3 unspecified atom stereocenters. The van der Waals surface area contributed by atoms with E-state index in [9.17, 15) is 9.59 Å². The summed E-state index contributed by atoms with van der Waals surface area (Å²) in [6.07, 6.45) is 1.75. The van der Waals surface area contributed by atoms with Crippen molar-refractivity contribution in [3.8, 4) is 5.75 Å². The van der Waals surface area contributed by atoms with Gasteiger partial charge in [0.25, 0.3) is 0 Å². The van der Waals surface area contributed by atoms with Crippen molar-refractivity contribution in [1.82, 2.24) is 15.5 Å². The Morgan fingerprint density at radius 2 is 2.00 bits per heavy atom. The molecule has 2 saturated heterocycles. The first kappa shape index (κ1) is 24.6. The number of aryl methyl sites for hydroxylation is 2. The molecule has 0 aromatic heterocycles. The molecular weight excluding hydrogens is 448 g/mol. The van der Waals surface area contributed by atoms with E-state index in [1.165, 1.54) is 11.8 Å². The Morgan fingerprint density at radius 3 is 2.79 bits per heavy atom. The van der Waals surface area contributed by atoms with Gasteiger partial charge in [0.1, 0.15) is 11.2 Å². The van der Waals surface area contributed by atoms with Gasteiger partial charge in [0.05, 0.1) is 18.8 Å². The van der Waals surface area contributed by atoms with Crippen molar-refractivity contribution in [3.63, 3.8) is 0 Å². The van der Waals surface area contributed by atoms with Crippen LogP contribution in [0, 0.1) is 12.8 Å². The number of hydrogen-bond acceptors (Lipinski definition) is 6. The van der Waals surface area contributed by atoms with Crippen molar-refractivity contribution in [3.05, 3.63) is 59.2 Å². The lowest BCUT2D eigenvalue weighted by atomic mass is 9.89. The van der Waals surface area contributed by atoms with Crippen molar-refractivity contribution in [2.75, 3.05) is 31.3 Å². The van der Waals surface area contributed by atoms with Crippen LogP contribution >= 0.6 is 11.8 Å². The number of hydrogen-bond donors (Lipinski definition) is 3. The van der Waals surface area contributed by atoms with Crippen LogP contribution < -0.4 is 20.7 Å². The molecule has 0 saturated carbocycles. The summed E-state index contributed by atoms with van der Waals surface area (Å²) in [5.41, 5.74) is 3.96. The van der Waals surface area contributed by atoms with E-state index < -0.39 is 0 Å². The van der Waals surface area contributed by atoms with Gasteiger partial charge in [-0.05, 0) is 37.0 Å². The summed E-state index contributed by atoms with van der Waals surface area (Å²) >= 11 is 1.43. The predicted molar refractivity (Wildman–Crippen MR) is 137 cm³/mol. The second kappa shape index (κ2) is 11.3. The summed E-state index contributed by atoms with van der Waals surface area (Å²) in [6, 6.07) is 14.2. The van der Waals surface area contributed by atoms with Crippen LogP contribution in [0.2, 0.25) is 0 Å². The topological polar surface area (TPSA) is 82.7 Å². The number of thioether (sulfide) groups is 1. The number of nitrogens with zero attached hydrogens (tertiary/aromatic N) is 1. The van der Waals surface area contributed by atoms with Crippen LogP contribution in [0.1, 0.15) is 30.0 Å². The molecule has 2 aromatic rings. The van der Waals surface area contributed by atoms with Crippen molar-refractivity contribution >= 4 is 29.3 Å². The molecule has 182 valence electrons. The number of ether oxygens (including phenoxy) is 1. The van der Waals surface area contributed by atoms with Crippen molar-refractivity contribution in [2.45, 2.75) is 44.8 Å². The van der Waals surface area contributed by atoms with Crippen molar-refractivity contribution in [2.24, 2.45) is 5.92 Å². The Balaban J connectivity index is 1.28. The molecule has 0 radical (unpaired) electrons. The van der Waals surface area contributed by atoms with Gasteiger partial charge < -0.3 is 15.4 Å². The first-order valence-corrected chi connectivity index (χ1v) is 12.9. The molecule has 8 heteroatoms. The summed E-state index contributed by atoms with van der Waals surface area (Å²) in [4.78, 5) is 27.8. The largest absolute Gasteiger partial charge is 0.496 e. The highest BCUT2D eigenvalue weighted by molar-refractivity contribution is 8.00. The van der Waals surface area contributed by atoms with Crippen LogP contribution in [-0.4, -0.2) is 54.2 Å². The summed E-state index contributed by atoms with van der Waals surface area (Å²) in [5, 5.41) is 9.66. The minimum Gasteiger partial charge on any atom is -0.496 e. The number of likely N-dealkylation sites (tertiary alicyclic amines) is 1. The molecule has 0 bridgehead atoms. The molecule has 3 N–H and O–H groups in total. The molecule has 2 fully saturated rings. The van der Waals surface area contributed by atoms with E-state index in [-0.39, 0.29) is 35.0 Å². The molecule has 0 spiro atoms. The third-order valence-corrected chi connectivity index (χ3v) is 7.66. The number of para-hydroxylation sites is 2. The number of carbonyl (C=O) groups excluding carboxylic acids is 2. The molecule has 34 heavy (non-hydrogen) atoms. The highest BCUT2D eigenvalue weighted by Crippen LogP contribution is 2.27. The zero-order valence-electron chi connectivity index (χ0n) is 20.1. The smallest absolute Gasteiger partial charge is 0.234 e. The second-order valence-electron chi connectivity index (χ2n) is 8.93. The summed E-state index contributed by atoms with van der Waals surface area (Å²) < 4.78 is 5.48. The maximum Gasteiger partial charge on any atom is 0.234 e. The Bertz CT molecular complexity index is 1030. The van der Waals surface area contributed by atoms with Gasteiger partial charge in [0.2, 0.25) is 11.8 Å². The molecule has 2 amide bonds. The normalized spacial score (nSPS) is 22.6. The van der Waals surface area contributed by atoms with E-state index in [0.717, 1.165) is 54.1 Å². The summed E-state index contributed by atoms with van der Waals surface area (Å²) in [7, 11) is 1.69. The Labute approximate surface area is 206 Å². The van der Waals surface area contributed by atoms with Crippen LogP contribution in [0.3, 0.4) is 0 Å². The molecule has 7 nitrogen and oxygen atoms in total. The highest BCUT2D eigenvalue weighted by Gasteiger charge is 2.40. The van der Waals surface area contributed by atoms with E-state index >= 15 is 0 Å².